The van der Waals surface area contributed by atoms with Gasteiger partial charge in [0, 0.05) is 32.2 Å². The zero-order valence-corrected chi connectivity index (χ0v) is 19.6. The van der Waals surface area contributed by atoms with E-state index in [9.17, 15) is 4.79 Å². The molecular formula is C26H25ClN4O3. The smallest absolute Gasteiger partial charge is 0.272 e. The van der Waals surface area contributed by atoms with Crippen molar-refractivity contribution in [3.63, 3.8) is 0 Å². The number of para-hydroxylation sites is 3. The van der Waals surface area contributed by atoms with Crippen LogP contribution in [0.25, 0.3) is 17.1 Å². The van der Waals surface area contributed by atoms with E-state index in [1.54, 1.807) is 29.1 Å². The molecule has 0 unspecified atom stereocenters. The molecule has 7 nitrogen and oxygen atoms in total. The summed E-state index contributed by atoms with van der Waals surface area (Å²) in [6, 6.07) is 20.8. The number of ether oxygens (including phenoxy) is 1. The zero-order chi connectivity index (χ0) is 23.5. The van der Waals surface area contributed by atoms with Crippen LogP contribution in [0.3, 0.4) is 0 Å². The standard InChI is InChI=1S/C26H25ClN4O3/c1-2-33-25-11-6-5-10-22(25)29-13-15-30(16-14-29)26(32)23-18-20(24-12-7-17-34-24)28-31(23)21-9-4-3-8-19(21)27/h3-12,17-18H,2,13-16H2,1H3. The lowest BCUT2D eigenvalue weighted by Gasteiger charge is -2.36. The van der Waals surface area contributed by atoms with E-state index < -0.39 is 0 Å². The van der Waals surface area contributed by atoms with Crippen molar-refractivity contribution < 1.29 is 13.9 Å². The fourth-order valence-corrected chi connectivity index (χ4v) is 4.41. The highest BCUT2D eigenvalue weighted by atomic mass is 35.5. The first-order valence-electron chi connectivity index (χ1n) is 11.3. The van der Waals surface area contributed by atoms with E-state index in [1.165, 1.54) is 0 Å². The highest BCUT2D eigenvalue weighted by molar-refractivity contribution is 6.32. The topological polar surface area (TPSA) is 63.7 Å². The van der Waals surface area contributed by atoms with Gasteiger partial charge in [0.2, 0.25) is 0 Å². The number of amides is 1. The molecule has 2 aromatic heterocycles. The molecule has 0 saturated carbocycles. The number of carbonyl (C=O) groups is 1. The molecule has 8 heteroatoms. The van der Waals surface area contributed by atoms with Crippen LogP contribution in [0.5, 0.6) is 5.75 Å². The summed E-state index contributed by atoms with van der Waals surface area (Å²) in [5.74, 6) is 1.37. The van der Waals surface area contributed by atoms with Gasteiger partial charge in [-0.05, 0) is 43.3 Å². The molecule has 0 spiro atoms. The summed E-state index contributed by atoms with van der Waals surface area (Å²) in [4.78, 5) is 17.8. The maximum atomic E-state index is 13.6. The lowest BCUT2D eigenvalue weighted by atomic mass is 10.2. The Morgan fingerprint density at radius 3 is 2.44 bits per heavy atom. The normalized spacial score (nSPS) is 13.8. The SMILES string of the molecule is CCOc1ccccc1N1CCN(C(=O)c2cc(-c3ccco3)nn2-c2ccccc2Cl)CC1. The van der Waals surface area contributed by atoms with E-state index in [1.807, 2.05) is 54.3 Å². The van der Waals surface area contributed by atoms with Gasteiger partial charge in [-0.1, -0.05) is 35.9 Å². The largest absolute Gasteiger partial charge is 0.492 e. The van der Waals surface area contributed by atoms with Crippen LogP contribution < -0.4 is 9.64 Å². The van der Waals surface area contributed by atoms with Gasteiger partial charge in [0.15, 0.2) is 5.76 Å². The molecule has 0 aliphatic carbocycles. The molecule has 174 valence electrons. The first-order valence-corrected chi connectivity index (χ1v) is 11.7. The predicted molar refractivity (Wildman–Crippen MR) is 132 cm³/mol. The van der Waals surface area contributed by atoms with Gasteiger partial charge in [0.25, 0.3) is 5.91 Å². The number of rotatable bonds is 6. The number of benzene rings is 2. The number of halogens is 1. The zero-order valence-electron chi connectivity index (χ0n) is 18.9. The molecule has 1 aliphatic heterocycles. The van der Waals surface area contributed by atoms with E-state index in [0.29, 0.717) is 60.6 Å². The Balaban J connectivity index is 1.41. The second kappa shape index (κ2) is 9.65. The minimum Gasteiger partial charge on any atom is -0.492 e. The molecule has 2 aromatic carbocycles. The third-order valence-corrected chi connectivity index (χ3v) is 6.18. The van der Waals surface area contributed by atoms with Crippen LogP contribution in [0.4, 0.5) is 5.69 Å². The summed E-state index contributed by atoms with van der Waals surface area (Å²) in [5, 5.41) is 5.17. The average molecular weight is 477 g/mol. The molecule has 5 rings (SSSR count). The van der Waals surface area contributed by atoms with Gasteiger partial charge in [-0.3, -0.25) is 4.79 Å². The Bertz CT molecular complexity index is 1280. The van der Waals surface area contributed by atoms with Crippen LogP contribution in [0.1, 0.15) is 17.4 Å². The molecule has 1 fully saturated rings. The third kappa shape index (κ3) is 4.26. The van der Waals surface area contributed by atoms with E-state index in [4.69, 9.17) is 20.8 Å². The van der Waals surface area contributed by atoms with Crippen molar-refractivity contribution in [1.82, 2.24) is 14.7 Å². The quantitative estimate of drug-likeness (QED) is 0.385. The Labute approximate surface area is 203 Å². The van der Waals surface area contributed by atoms with Crippen molar-refractivity contribution in [2.24, 2.45) is 0 Å². The summed E-state index contributed by atoms with van der Waals surface area (Å²) >= 11 is 6.46. The summed E-state index contributed by atoms with van der Waals surface area (Å²) in [6.07, 6.45) is 1.59. The second-order valence-electron chi connectivity index (χ2n) is 7.94. The maximum absolute atomic E-state index is 13.6. The minimum absolute atomic E-state index is 0.0945. The molecule has 3 heterocycles. The molecule has 1 aliphatic rings. The van der Waals surface area contributed by atoms with Gasteiger partial charge < -0.3 is 19.0 Å². The molecule has 0 atom stereocenters. The number of aromatic nitrogens is 2. The van der Waals surface area contributed by atoms with Gasteiger partial charge in [-0.25, -0.2) is 4.68 Å². The number of hydrogen-bond donors (Lipinski definition) is 0. The average Bonchev–Trinajstić information content (AvgIpc) is 3.55. The first kappa shape index (κ1) is 22.1. The van der Waals surface area contributed by atoms with Crippen LogP contribution in [0.15, 0.2) is 77.4 Å². The summed E-state index contributed by atoms with van der Waals surface area (Å²) in [7, 11) is 0. The highest BCUT2D eigenvalue weighted by Crippen LogP contribution is 2.30. The van der Waals surface area contributed by atoms with Crippen molar-refractivity contribution in [3.8, 4) is 22.9 Å². The van der Waals surface area contributed by atoms with E-state index in [-0.39, 0.29) is 5.91 Å². The van der Waals surface area contributed by atoms with E-state index in [0.717, 1.165) is 11.4 Å². The molecule has 0 N–H and O–H groups in total. The lowest BCUT2D eigenvalue weighted by Crippen LogP contribution is -2.49. The lowest BCUT2D eigenvalue weighted by molar-refractivity contribution is 0.0737. The molecule has 4 aromatic rings. The molecule has 34 heavy (non-hydrogen) atoms. The van der Waals surface area contributed by atoms with Gasteiger partial charge >= 0.3 is 0 Å². The van der Waals surface area contributed by atoms with E-state index in [2.05, 4.69) is 16.1 Å². The fourth-order valence-electron chi connectivity index (χ4n) is 4.19. The predicted octanol–water partition coefficient (Wildman–Crippen LogP) is 5.15. The minimum atomic E-state index is -0.0945. The fraction of sp³-hybridized carbons (Fsp3) is 0.231. The van der Waals surface area contributed by atoms with Gasteiger partial charge in [-0.2, -0.15) is 5.10 Å². The van der Waals surface area contributed by atoms with Crippen LogP contribution in [-0.4, -0.2) is 53.4 Å². The number of anilines is 1. The molecular weight excluding hydrogens is 452 g/mol. The number of piperazine rings is 1. The Morgan fingerprint density at radius 2 is 1.74 bits per heavy atom. The second-order valence-corrected chi connectivity index (χ2v) is 8.34. The molecule has 1 amide bonds. The molecule has 0 bridgehead atoms. The third-order valence-electron chi connectivity index (χ3n) is 5.86. The van der Waals surface area contributed by atoms with Gasteiger partial charge in [0.1, 0.15) is 17.1 Å². The number of carbonyl (C=O) groups excluding carboxylic acids is 1. The maximum Gasteiger partial charge on any atom is 0.272 e. The van der Waals surface area contributed by atoms with Gasteiger partial charge in [0.05, 0.1) is 29.3 Å². The number of hydrogen-bond acceptors (Lipinski definition) is 5. The molecule has 0 radical (unpaired) electrons. The van der Waals surface area contributed by atoms with Gasteiger partial charge in [-0.15, -0.1) is 0 Å². The molecule has 1 saturated heterocycles. The number of nitrogens with zero attached hydrogens (tertiary/aromatic N) is 4. The van der Waals surface area contributed by atoms with Crippen LogP contribution in [-0.2, 0) is 0 Å². The number of furan rings is 1. The van der Waals surface area contributed by atoms with Crippen molar-refractivity contribution in [1.29, 1.82) is 0 Å². The summed E-state index contributed by atoms with van der Waals surface area (Å²) in [6.45, 7) is 5.18. The Hall–Kier alpha value is -3.71. The monoisotopic (exact) mass is 476 g/mol. The Kier molecular flexibility index (Phi) is 6.27. The van der Waals surface area contributed by atoms with Crippen molar-refractivity contribution in [3.05, 3.63) is 83.7 Å². The van der Waals surface area contributed by atoms with E-state index >= 15 is 0 Å². The summed E-state index contributed by atoms with van der Waals surface area (Å²) in [5.41, 5.74) is 2.73. The van der Waals surface area contributed by atoms with Crippen LogP contribution >= 0.6 is 11.6 Å². The summed E-state index contributed by atoms with van der Waals surface area (Å²) < 4.78 is 12.9. The highest BCUT2D eigenvalue weighted by Gasteiger charge is 2.28. The van der Waals surface area contributed by atoms with Crippen LogP contribution in [0.2, 0.25) is 5.02 Å². The Morgan fingerprint density at radius 1 is 1.00 bits per heavy atom. The van der Waals surface area contributed by atoms with Crippen molar-refractivity contribution in [2.45, 2.75) is 6.92 Å². The first-order chi connectivity index (χ1) is 16.7. The van der Waals surface area contributed by atoms with Crippen LogP contribution in [0, 0.1) is 0 Å². The van der Waals surface area contributed by atoms with Crippen molar-refractivity contribution >= 4 is 23.2 Å². The van der Waals surface area contributed by atoms with Crippen molar-refractivity contribution in [2.75, 3.05) is 37.7 Å².